The molecule has 1 saturated carbocycles. The maximum absolute atomic E-state index is 11.0. The average molecular weight is 311 g/mol. The summed E-state index contributed by atoms with van der Waals surface area (Å²) in [5, 5.41) is 0. The SMILES string of the molecule is CC1(C[C]2=CC=[CH][In]2)CC1C(N)=O.[SH-]. The van der Waals surface area contributed by atoms with Gasteiger partial charge in [0.1, 0.15) is 0 Å². The topological polar surface area (TPSA) is 43.1 Å². The molecular formula is C10H14InNOS-. The number of amides is 1. The Morgan fingerprint density at radius 2 is 2.50 bits per heavy atom. The smallest absolute Gasteiger partial charge is 0.813 e. The van der Waals surface area contributed by atoms with Gasteiger partial charge in [-0.15, -0.1) is 0 Å². The minimum atomic E-state index is -0.528. The van der Waals surface area contributed by atoms with Crippen LogP contribution in [0.4, 0.5) is 0 Å². The molecule has 0 aromatic carbocycles. The van der Waals surface area contributed by atoms with Crippen LogP contribution in [0.5, 0.6) is 0 Å². The third-order valence-electron chi connectivity index (χ3n) is 3.03. The van der Waals surface area contributed by atoms with E-state index in [-0.39, 0.29) is 30.7 Å². The minimum Gasteiger partial charge on any atom is -0.813 e. The van der Waals surface area contributed by atoms with Crippen LogP contribution >= 0.6 is 0 Å². The third kappa shape index (κ3) is 2.40. The van der Waals surface area contributed by atoms with E-state index in [2.05, 4.69) is 22.9 Å². The summed E-state index contributed by atoms with van der Waals surface area (Å²) >= 11 is -0.528. The standard InChI is InChI=1S/C10H13NO.In.H2S/c1-3-4-5-6-10(2)7-8(10)9(11)12;;/h1,3-4,8H,6-7H2,2H3,(H2,11,12);;1H2/p-1. The number of hydrogen-bond donors (Lipinski definition) is 1. The summed E-state index contributed by atoms with van der Waals surface area (Å²) < 4.78 is 3.97. The minimum absolute atomic E-state index is 0. The van der Waals surface area contributed by atoms with Gasteiger partial charge in [-0.3, -0.25) is 0 Å². The fraction of sp³-hybridized carbons (Fsp3) is 0.500. The maximum atomic E-state index is 11.0. The Balaban J connectivity index is 0.000000980. The van der Waals surface area contributed by atoms with E-state index in [1.807, 2.05) is 0 Å². The normalized spacial score (nSPS) is 32.9. The van der Waals surface area contributed by atoms with E-state index in [1.165, 1.54) is 0 Å². The van der Waals surface area contributed by atoms with E-state index in [0.29, 0.717) is 0 Å². The van der Waals surface area contributed by atoms with E-state index in [0.717, 1.165) is 12.8 Å². The molecular weight excluding hydrogens is 297 g/mol. The van der Waals surface area contributed by atoms with Crippen molar-refractivity contribution in [2.45, 2.75) is 19.8 Å². The van der Waals surface area contributed by atoms with E-state index >= 15 is 0 Å². The van der Waals surface area contributed by atoms with Gasteiger partial charge < -0.3 is 13.5 Å². The summed E-state index contributed by atoms with van der Waals surface area (Å²) in [5.41, 5.74) is 5.51. The van der Waals surface area contributed by atoms with Crippen molar-refractivity contribution in [3.63, 3.8) is 0 Å². The molecule has 0 saturated heterocycles. The fourth-order valence-electron chi connectivity index (χ4n) is 2.04. The molecule has 2 aliphatic rings. The van der Waals surface area contributed by atoms with Gasteiger partial charge in [0.15, 0.2) is 0 Å². The number of carbonyl (C=O) groups excluding carboxylic acids is 1. The number of thiol groups is 1. The number of primary amides is 1. The predicted octanol–water partition coefficient (Wildman–Crippen LogP) is 0.733. The van der Waals surface area contributed by atoms with Gasteiger partial charge in [-0.2, -0.15) is 0 Å². The Labute approximate surface area is 103 Å². The molecule has 75 valence electrons. The van der Waals surface area contributed by atoms with Gasteiger partial charge >= 0.3 is 89.8 Å². The van der Waals surface area contributed by atoms with Crippen molar-refractivity contribution in [2.75, 3.05) is 0 Å². The largest absolute Gasteiger partial charge is 0.813 e. The Hall–Kier alpha value is 0.170. The molecule has 4 heteroatoms. The van der Waals surface area contributed by atoms with Crippen molar-refractivity contribution < 1.29 is 4.79 Å². The molecule has 0 aromatic heterocycles. The Morgan fingerprint density at radius 3 is 2.93 bits per heavy atom. The third-order valence-corrected chi connectivity index (χ3v) is 6.57. The van der Waals surface area contributed by atoms with Gasteiger partial charge in [0, 0.05) is 0 Å². The summed E-state index contributed by atoms with van der Waals surface area (Å²) in [5.74, 6) is 0.0405. The number of rotatable bonds is 3. The van der Waals surface area contributed by atoms with Crippen LogP contribution in [0.2, 0.25) is 0 Å². The summed E-state index contributed by atoms with van der Waals surface area (Å²) in [4.78, 5) is 11.0. The van der Waals surface area contributed by atoms with Crippen molar-refractivity contribution in [1.29, 1.82) is 0 Å². The van der Waals surface area contributed by atoms with Gasteiger partial charge in [-0.05, 0) is 0 Å². The summed E-state index contributed by atoms with van der Waals surface area (Å²) in [7, 11) is 0. The molecule has 2 atom stereocenters. The second-order valence-corrected chi connectivity index (χ2v) is 8.45. The predicted molar refractivity (Wildman–Crippen MR) is 61.8 cm³/mol. The van der Waals surface area contributed by atoms with Crippen LogP contribution in [0, 0.1) is 11.3 Å². The number of hydrogen-bond acceptors (Lipinski definition) is 2. The fourth-order valence-corrected chi connectivity index (χ4v) is 5.69. The zero-order chi connectivity index (χ0) is 9.47. The van der Waals surface area contributed by atoms with Crippen LogP contribution in [0.1, 0.15) is 19.8 Å². The molecule has 1 fully saturated rings. The van der Waals surface area contributed by atoms with E-state index in [4.69, 9.17) is 5.73 Å². The molecule has 0 aromatic rings. The molecule has 1 radical (unpaired) electrons. The molecule has 0 bridgehead atoms. The van der Waals surface area contributed by atoms with Crippen LogP contribution < -0.4 is 5.73 Å². The first-order chi connectivity index (χ1) is 6.12. The Bertz CT molecular complexity index is 313. The van der Waals surface area contributed by atoms with Crippen molar-refractivity contribution in [3.05, 3.63) is 19.3 Å². The second-order valence-electron chi connectivity index (χ2n) is 4.28. The molecule has 2 unspecified atom stereocenters. The first-order valence-electron chi connectivity index (χ1n) is 4.62. The monoisotopic (exact) mass is 311 g/mol. The van der Waals surface area contributed by atoms with Crippen molar-refractivity contribution in [1.82, 2.24) is 0 Å². The Kier molecular flexibility index (Phi) is 3.81. The quantitative estimate of drug-likeness (QED) is 0.617. The van der Waals surface area contributed by atoms with Crippen LogP contribution in [0.25, 0.3) is 0 Å². The second kappa shape index (κ2) is 4.35. The molecule has 1 heterocycles. The van der Waals surface area contributed by atoms with Crippen LogP contribution in [-0.4, -0.2) is 28.8 Å². The number of carbonyl (C=O) groups is 1. The van der Waals surface area contributed by atoms with Crippen LogP contribution in [0.3, 0.4) is 0 Å². The van der Waals surface area contributed by atoms with Gasteiger partial charge in [0.05, 0.1) is 0 Å². The molecule has 14 heavy (non-hydrogen) atoms. The van der Waals surface area contributed by atoms with Crippen molar-refractivity contribution >= 4 is 42.3 Å². The van der Waals surface area contributed by atoms with Gasteiger partial charge in [-0.1, -0.05) is 0 Å². The molecule has 1 amide bonds. The summed E-state index contributed by atoms with van der Waals surface area (Å²) in [6.45, 7) is 2.18. The molecule has 1 aliphatic carbocycles. The van der Waals surface area contributed by atoms with E-state index in [9.17, 15) is 4.79 Å². The Morgan fingerprint density at radius 1 is 1.79 bits per heavy atom. The van der Waals surface area contributed by atoms with Crippen LogP contribution in [0.15, 0.2) is 19.3 Å². The number of nitrogens with two attached hydrogens (primary N) is 1. The maximum Gasteiger partial charge on any atom is -0.813 e. The first-order valence-corrected chi connectivity index (χ1v) is 8.17. The molecule has 1 aliphatic heterocycles. The molecule has 2 nitrogen and oxygen atoms in total. The van der Waals surface area contributed by atoms with Gasteiger partial charge in [0.25, 0.3) is 0 Å². The van der Waals surface area contributed by atoms with E-state index < -0.39 is 22.9 Å². The summed E-state index contributed by atoms with van der Waals surface area (Å²) in [6.07, 6.45) is 6.53. The molecule has 2 N–H and O–H groups in total. The van der Waals surface area contributed by atoms with Crippen LogP contribution in [-0.2, 0) is 18.3 Å². The summed E-state index contributed by atoms with van der Waals surface area (Å²) in [6, 6.07) is 0. The van der Waals surface area contributed by atoms with E-state index in [1.54, 1.807) is 3.33 Å². The molecule has 0 spiro atoms. The first kappa shape index (κ1) is 12.2. The molecule has 2 rings (SSSR count). The van der Waals surface area contributed by atoms with Gasteiger partial charge in [0.2, 0.25) is 0 Å². The van der Waals surface area contributed by atoms with Gasteiger partial charge in [-0.25, -0.2) is 0 Å². The zero-order valence-electron chi connectivity index (χ0n) is 8.23. The van der Waals surface area contributed by atoms with Crippen molar-refractivity contribution in [2.24, 2.45) is 17.1 Å². The zero-order valence-corrected chi connectivity index (χ0v) is 12.4. The van der Waals surface area contributed by atoms with Crippen molar-refractivity contribution in [3.8, 4) is 0 Å². The average Bonchev–Trinajstić information content (AvgIpc) is 2.50. The number of allylic oxidation sites excluding steroid dienone is 3.